The summed E-state index contributed by atoms with van der Waals surface area (Å²) < 4.78 is 0. The summed E-state index contributed by atoms with van der Waals surface area (Å²) in [5.74, 6) is -0.962. The summed E-state index contributed by atoms with van der Waals surface area (Å²) in [4.78, 5) is 27.0. The molecular formula is C14H29N3O3. The molecule has 0 radical (unpaired) electrons. The minimum absolute atomic E-state index is 0.280. The van der Waals surface area contributed by atoms with Crippen LogP contribution in [0, 0.1) is 0 Å². The number of carbonyl (C=O) groups is 2. The van der Waals surface area contributed by atoms with Crippen molar-refractivity contribution in [3.8, 4) is 0 Å². The normalized spacial score (nSPS) is 12.2. The number of nitrogens with zero attached hydrogens (tertiary/aromatic N) is 2. The molecule has 0 aromatic heterocycles. The number of rotatable bonds is 10. The second kappa shape index (κ2) is 10.5. The van der Waals surface area contributed by atoms with Gasteiger partial charge in [-0.3, -0.25) is 0 Å². The van der Waals surface area contributed by atoms with E-state index < -0.39 is 12.0 Å². The Labute approximate surface area is 122 Å². The molecule has 0 unspecified atom stereocenters. The molecule has 0 aromatic carbocycles. The topological polar surface area (TPSA) is 72.9 Å². The van der Waals surface area contributed by atoms with Gasteiger partial charge in [-0.25, -0.2) is 9.59 Å². The molecule has 6 nitrogen and oxygen atoms in total. The van der Waals surface area contributed by atoms with E-state index >= 15 is 0 Å². The summed E-state index contributed by atoms with van der Waals surface area (Å²) in [6.45, 7) is 6.01. The van der Waals surface area contributed by atoms with Crippen LogP contribution in [0.1, 0.15) is 39.5 Å². The molecule has 20 heavy (non-hydrogen) atoms. The van der Waals surface area contributed by atoms with Crippen molar-refractivity contribution < 1.29 is 14.7 Å². The van der Waals surface area contributed by atoms with Gasteiger partial charge >= 0.3 is 12.0 Å². The average molecular weight is 287 g/mol. The lowest BCUT2D eigenvalue weighted by molar-refractivity contribution is -0.139. The Hall–Kier alpha value is -1.30. The van der Waals surface area contributed by atoms with Crippen molar-refractivity contribution >= 4 is 12.0 Å². The summed E-state index contributed by atoms with van der Waals surface area (Å²) in [5, 5.41) is 11.8. The Bertz CT molecular complexity index is 295. The number of hydrogen-bond acceptors (Lipinski definition) is 3. The van der Waals surface area contributed by atoms with Crippen molar-refractivity contribution in [1.29, 1.82) is 0 Å². The van der Waals surface area contributed by atoms with E-state index in [2.05, 4.69) is 5.32 Å². The van der Waals surface area contributed by atoms with Crippen molar-refractivity contribution in [1.82, 2.24) is 15.1 Å². The van der Waals surface area contributed by atoms with Gasteiger partial charge in [-0.15, -0.1) is 0 Å². The fourth-order valence-electron chi connectivity index (χ4n) is 1.81. The van der Waals surface area contributed by atoms with Crippen LogP contribution < -0.4 is 5.32 Å². The number of carboxylic acids is 1. The maximum atomic E-state index is 12.2. The third-order valence-electron chi connectivity index (χ3n) is 3.04. The van der Waals surface area contributed by atoms with Crippen LogP contribution in [-0.4, -0.2) is 66.7 Å². The molecule has 0 bridgehead atoms. The van der Waals surface area contributed by atoms with Crippen molar-refractivity contribution in [3.63, 3.8) is 0 Å². The molecule has 2 amide bonds. The fourth-order valence-corrected chi connectivity index (χ4v) is 1.81. The van der Waals surface area contributed by atoms with Gasteiger partial charge < -0.3 is 20.2 Å². The van der Waals surface area contributed by atoms with Crippen LogP contribution in [0.25, 0.3) is 0 Å². The first kappa shape index (κ1) is 18.7. The predicted octanol–water partition coefficient (Wildman–Crippen LogP) is 1.61. The monoisotopic (exact) mass is 287 g/mol. The molecule has 0 aliphatic rings. The molecule has 0 fully saturated rings. The summed E-state index contributed by atoms with van der Waals surface area (Å²) in [7, 11) is 3.90. The van der Waals surface area contributed by atoms with E-state index in [0.29, 0.717) is 19.5 Å². The van der Waals surface area contributed by atoms with E-state index in [0.717, 1.165) is 25.8 Å². The number of carboxylic acid groups (broad SMARTS) is 1. The Morgan fingerprint density at radius 2 is 1.75 bits per heavy atom. The number of amides is 2. The number of aliphatic carboxylic acids is 1. The third kappa shape index (κ3) is 7.99. The zero-order valence-corrected chi connectivity index (χ0v) is 13.2. The van der Waals surface area contributed by atoms with Gasteiger partial charge in [-0.1, -0.05) is 26.7 Å². The van der Waals surface area contributed by atoms with Crippen LogP contribution in [0.5, 0.6) is 0 Å². The first-order valence-electron chi connectivity index (χ1n) is 7.35. The quantitative estimate of drug-likeness (QED) is 0.640. The molecule has 1 atom stereocenters. The fraction of sp³-hybridized carbons (Fsp3) is 0.857. The Balaban J connectivity index is 4.49. The zero-order chi connectivity index (χ0) is 15.5. The van der Waals surface area contributed by atoms with Crippen LogP contribution in [0.2, 0.25) is 0 Å². The van der Waals surface area contributed by atoms with Gasteiger partial charge in [0.2, 0.25) is 0 Å². The van der Waals surface area contributed by atoms with Gasteiger partial charge in [0.15, 0.2) is 0 Å². The van der Waals surface area contributed by atoms with Gasteiger partial charge in [0.05, 0.1) is 0 Å². The molecule has 0 saturated carbocycles. The number of hydrogen-bond donors (Lipinski definition) is 2. The van der Waals surface area contributed by atoms with Crippen molar-refractivity contribution in [2.75, 3.05) is 33.7 Å². The SMILES string of the molecule is CCCC[C@H](NC(=O)N(CCC)CCN(C)C)C(=O)O. The van der Waals surface area contributed by atoms with Crippen LogP contribution in [0.15, 0.2) is 0 Å². The highest BCUT2D eigenvalue weighted by molar-refractivity contribution is 5.82. The molecule has 2 N–H and O–H groups in total. The summed E-state index contributed by atoms with van der Waals surface area (Å²) in [6, 6.07) is -1.07. The summed E-state index contributed by atoms with van der Waals surface area (Å²) in [6.07, 6.45) is 3.04. The first-order chi connectivity index (χ1) is 9.42. The number of likely N-dealkylation sites (N-methyl/N-ethyl adjacent to an activating group) is 1. The van der Waals surface area contributed by atoms with E-state index in [9.17, 15) is 9.59 Å². The van der Waals surface area contributed by atoms with Gasteiger partial charge in [-0.2, -0.15) is 0 Å². The lowest BCUT2D eigenvalue weighted by atomic mass is 10.1. The highest BCUT2D eigenvalue weighted by Crippen LogP contribution is 2.03. The molecule has 0 rings (SSSR count). The molecule has 0 spiro atoms. The second-order valence-electron chi connectivity index (χ2n) is 5.27. The Morgan fingerprint density at radius 1 is 1.10 bits per heavy atom. The molecule has 0 aliphatic heterocycles. The summed E-state index contributed by atoms with van der Waals surface area (Å²) in [5.41, 5.74) is 0. The highest BCUT2D eigenvalue weighted by atomic mass is 16.4. The van der Waals surface area contributed by atoms with E-state index in [1.54, 1.807) is 4.90 Å². The zero-order valence-electron chi connectivity index (χ0n) is 13.2. The number of urea groups is 1. The smallest absolute Gasteiger partial charge is 0.326 e. The van der Waals surface area contributed by atoms with E-state index in [1.165, 1.54) is 0 Å². The standard InChI is InChI=1S/C14H29N3O3/c1-5-7-8-12(13(18)19)15-14(20)17(9-6-2)11-10-16(3)4/h12H,5-11H2,1-4H3,(H,15,20)(H,18,19)/t12-/m0/s1. The van der Waals surface area contributed by atoms with Crippen LogP contribution in [0.4, 0.5) is 4.79 Å². The average Bonchev–Trinajstić information content (AvgIpc) is 2.38. The third-order valence-corrected chi connectivity index (χ3v) is 3.04. The van der Waals surface area contributed by atoms with Crippen LogP contribution >= 0.6 is 0 Å². The maximum Gasteiger partial charge on any atom is 0.326 e. The van der Waals surface area contributed by atoms with Crippen molar-refractivity contribution in [3.05, 3.63) is 0 Å². The molecule has 6 heteroatoms. The van der Waals surface area contributed by atoms with Crippen molar-refractivity contribution in [2.24, 2.45) is 0 Å². The van der Waals surface area contributed by atoms with Crippen molar-refractivity contribution in [2.45, 2.75) is 45.6 Å². The first-order valence-corrected chi connectivity index (χ1v) is 7.35. The number of unbranched alkanes of at least 4 members (excludes halogenated alkanes) is 1. The number of nitrogens with one attached hydrogen (secondary N) is 1. The lowest BCUT2D eigenvalue weighted by Crippen LogP contribution is -2.49. The summed E-state index contributed by atoms with van der Waals surface area (Å²) >= 11 is 0. The lowest BCUT2D eigenvalue weighted by Gasteiger charge is -2.26. The van der Waals surface area contributed by atoms with E-state index in [-0.39, 0.29) is 6.03 Å². The van der Waals surface area contributed by atoms with Gasteiger partial charge in [0.1, 0.15) is 6.04 Å². The van der Waals surface area contributed by atoms with Crippen LogP contribution in [0.3, 0.4) is 0 Å². The minimum Gasteiger partial charge on any atom is -0.480 e. The van der Waals surface area contributed by atoms with Gasteiger partial charge in [0, 0.05) is 19.6 Å². The molecule has 0 heterocycles. The van der Waals surface area contributed by atoms with Crippen LogP contribution in [-0.2, 0) is 4.79 Å². The number of carbonyl (C=O) groups excluding carboxylic acids is 1. The van der Waals surface area contributed by atoms with E-state index in [4.69, 9.17) is 5.11 Å². The minimum atomic E-state index is -0.962. The Morgan fingerprint density at radius 3 is 2.20 bits per heavy atom. The Kier molecular flexibility index (Phi) is 9.80. The second-order valence-corrected chi connectivity index (χ2v) is 5.27. The largest absolute Gasteiger partial charge is 0.480 e. The molecule has 0 aliphatic carbocycles. The van der Waals surface area contributed by atoms with E-state index in [1.807, 2.05) is 32.8 Å². The highest BCUT2D eigenvalue weighted by Gasteiger charge is 2.22. The predicted molar refractivity (Wildman–Crippen MR) is 79.9 cm³/mol. The van der Waals surface area contributed by atoms with Gasteiger partial charge in [-0.05, 0) is 26.9 Å². The molecule has 0 aromatic rings. The molecule has 118 valence electrons. The molecule has 0 saturated heterocycles. The van der Waals surface area contributed by atoms with Gasteiger partial charge in [0.25, 0.3) is 0 Å². The maximum absolute atomic E-state index is 12.2. The molecular weight excluding hydrogens is 258 g/mol.